The molecule has 3 nitrogen and oxygen atoms in total. The van der Waals surface area contributed by atoms with Gasteiger partial charge in [0.15, 0.2) is 0 Å². The van der Waals surface area contributed by atoms with Gasteiger partial charge in [-0.05, 0) is 21.8 Å². The summed E-state index contributed by atoms with van der Waals surface area (Å²) in [5.41, 5.74) is 0. The number of thiophene rings is 1. The molecule has 0 radical (unpaired) electrons. The monoisotopic (exact) mass is 278 g/mol. The third-order valence-electron chi connectivity index (χ3n) is 1.44. The highest BCUT2D eigenvalue weighted by atomic mass is 79.9. The van der Waals surface area contributed by atoms with E-state index in [4.69, 9.17) is 9.84 Å². The molecule has 0 aliphatic heterocycles. The Morgan fingerprint density at radius 1 is 1.71 bits per heavy atom. The molecule has 0 bridgehead atoms. The average Bonchev–Trinajstić information content (AvgIpc) is 2.43. The predicted molar refractivity (Wildman–Crippen MR) is 59.3 cm³/mol. The highest BCUT2D eigenvalue weighted by Crippen LogP contribution is 2.34. The molecule has 1 heterocycles. The van der Waals surface area contributed by atoms with E-state index in [1.807, 2.05) is 13.8 Å². The van der Waals surface area contributed by atoms with Crippen LogP contribution in [0, 0.1) is 5.92 Å². The van der Waals surface area contributed by atoms with Crippen molar-refractivity contribution in [3.05, 3.63) is 14.7 Å². The van der Waals surface area contributed by atoms with Crippen LogP contribution >= 0.6 is 27.3 Å². The van der Waals surface area contributed by atoms with Gasteiger partial charge in [-0.1, -0.05) is 13.8 Å². The molecule has 1 aromatic rings. The van der Waals surface area contributed by atoms with E-state index in [2.05, 4.69) is 15.9 Å². The van der Waals surface area contributed by atoms with Crippen molar-refractivity contribution in [2.24, 2.45) is 5.92 Å². The molecule has 0 saturated heterocycles. The summed E-state index contributed by atoms with van der Waals surface area (Å²) in [4.78, 5) is 10.9. The van der Waals surface area contributed by atoms with Gasteiger partial charge in [0.05, 0.1) is 6.61 Å². The molecule has 0 aliphatic rings. The van der Waals surface area contributed by atoms with Crippen LogP contribution in [0.3, 0.4) is 0 Å². The zero-order valence-corrected chi connectivity index (χ0v) is 10.3. The molecule has 0 saturated carbocycles. The summed E-state index contributed by atoms with van der Waals surface area (Å²) in [7, 11) is 0. The molecule has 0 fully saturated rings. The maximum absolute atomic E-state index is 10.6. The van der Waals surface area contributed by atoms with Gasteiger partial charge in [0.25, 0.3) is 0 Å². The fourth-order valence-corrected chi connectivity index (χ4v) is 2.23. The van der Waals surface area contributed by atoms with E-state index in [-0.39, 0.29) is 4.88 Å². The SMILES string of the molecule is CC(C)COc1cc(C(=O)O)sc1Br. The Morgan fingerprint density at radius 3 is 2.79 bits per heavy atom. The number of carboxylic acid groups (broad SMARTS) is 1. The van der Waals surface area contributed by atoms with Crippen LogP contribution in [0.25, 0.3) is 0 Å². The highest BCUT2D eigenvalue weighted by molar-refractivity contribution is 9.11. The fourth-order valence-electron chi connectivity index (χ4n) is 0.812. The number of hydrogen-bond donors (Lipinski definition) is 1. The van der Waals surface area contributed by atoms with E-state index in [0.717, 1.165) is 3.79 Å². The molecule has 0 amide bonds. The second kappa shape index (κ2) is 4.79. The quantitative estimate of drug-likeness (QED) is 0.920. The van der Waals surface area contributed by atoms with Crippen molar-refractivity contribution in [1.29, 1.82) is 0 Å². The topological polar surface area (TPSA) is 46.5 Å². The van der Waals surface area contributed by atoms with Crippen LogP contribution < -0.4 is 4.74 Å². The summed E-state index contributed by atoms with van der Waals surface area (Å²) >= 11 is 4.43. The van der Waals surface area contributed by atoms with E-state index >= 15 is 0 Å². The number of carbonyl (C=O) groups is 1. The van der Waals surface area contributed by atoms with Gasteiger partial charge in [-0.3, -0.25) is 0 Å². The molecule has 1 N–H and O–H groups in total. The lowest BCUT2D eigenvalue weighted by molar-refractivity contribution is 0.0702. The Balaban J connectivity index is 2.72. The van der Waals surface area contributed by atoms with Crippen molar-refractivity contribution in [3.8, 4) is 5.75 Å². The summed E-state index contributed by atoms with van der Waals surface area (Å²) in [6.45, 7) is 4.67. The van der Waals surface area contributed by atoms with Crippen LogP contribution in [0.2, 0.25) is 0 Å². The van der Waals surface area contributed by atoms with Crippen LogP contribution in [-0.2, 0) is 0 Å². The van der Waals surface area contributed by atoms with E-state index < -0.39 is 5.97 Å². The maximum Gasteiger partial charge on any atom is 0.346 e. The zero-order valence-electron chi connectivity index (χ0n) is 7.91. The first kappa shape index (κ1) is 11.5. The van der Waals surface area contributed by atoms with Crippen LogP contribution in [-0.4, -0.2) is 17.7 Å². The van der Waals surface area contributed by atoms with Crippen LogP contribution in [0.5, 0.6) is 5.75 Å². The largest absolute Gasteiger partial charge is 0.491 e. The smallest absolute Gasteiger partial charge is 0.346 e. The van der Waals surface area contributed by atoms with Crippen molar-refractivity contribution < 1.29 is 14.6 Å². The van der Waals surface area contributed by atoms with Crippen molar-refractivity contribution in [2.45, 2.75) is 13.8 Å². The summed E-state index contributed by atoms with van der Waals surface area (Å²) in [5, 5.41) is 8.73. The van der Waals surface area contributed by atoms with E-state index in [1.54, 1.807) is 6.07 Å². The van der Waals surface area contributed by atoms with Crippen LogP contribution in [0.15, 0.2) is 9.85 Å². The minimum absolute atomic E-state index is 0.288. The van der Waals surface area contributed by atoms with Gasteiger partial charge in [-0.25, -0.2) is 4.79 Å². The van der Waals surface area contributed by atoms with Gasteiger partial charge in [0.1, 0.15) is 14.4 Å². The fraction of sp³-hybridized carbons (Fsp3) is 0.444. The lowest BCUT2D eigenvalue weighted by Crippen LogP contribution is -2.04. The van der Waals surface area contributed by atoms with Crippen LogP contribution in [0.1, 0.15) is 23.5 Å². The molecule has 1 aromatic heterocycles. The lowest BCUT2D eigenvalue weighted by Gasteiger charge is -2.06. The zero-order chi connectivity index (χ0) is 10.7. The number of ether oxygens (including phenoxy) is 1. The first-order chi connectivity index (χ1) is 6.50. The Labute approximate surface area is 94.8 Å². The first-order valence-corrected chi connectivity index (χ1v) is 5.77. The second-order valence-corrected chi connectivity index (χ2v) is 5.63. The standard InChI is InChI=1S/C9H11BrO3S/c1-5(2)4-13-6-3-7(9(11)12)14-8(6)10/h3,5H,4H2,1-2H3,(H,11,12). The second-order valence-electron chi connectivity index (χ2n) is 3.26. The molecule has 0 spiro atoms. The summed E-state index contributed by atoms with van der Waals surface area (Å²) in [6, 6.07) is 1.54. The highest BCUT2D eigenvalue weighted by Gasteiger charge is 2.13. The average molecular weight is 279 g/mol. The molecule has 0 atom stereocenters. The van der Waals surface area contributed by atoms with Gasteiger partial charge in [0.2, 0.25) is 0 Å². The summed E-state index contributed by atoms with van der Waals surface area (Å²) in [6.07, 6.45) is 0. The van der Waals surface area contributed by atoms with Gasteiger partial charge in [-0.2, -0.15) is 0 Å². The predicted octanol–water partition coefficient (Wildman–Crippen LogP) is 3.24. The number of aromatic carboxylic acids is 1. The maximum atomic E-state index is 10.6. The van der Waals surface area contributed by atoms with Crippen molar-refractivity contribution in [3.63, 3.8) is 0 Å². The summed E-state index contributed by atoms with van der Waals surface area (Å²) in [5.74, 6) is 0.117. The van der Waals surface area contributed by atoms with Gasteiger partial charge >= 0.3 is 5.97 Å². The Bertz CT molecular complexity index is 333. The first-order valence-electron chi connectivity index (χ1n) is 4.16. The molecule has 78 valence electrons. The Kier molecular flexibility index (Phi) is 3.95. The molecule has 1 rings (SSSR count). The molecular formula is C9H11BrO3S. The molecular weight excluding hydrogens is 268 g/mol. The summed E-state index contributed by atoms with van der Waals surface area (Å²) < 4.78 is 6.16. The number of carboxylic acids is 1. The molecule has 0 aliphatic carbocycles. The molecule has 14 heavy (non-hydrogen) atoms. The molecule has 0 aromatic carbocycles. The minimum Gasteiger partial charge on any atom is -0.491 e. The number of halogens is 1. The van der Waals surface area contributed by atoms with Gasteiger partial charge < -0.3 is 9.84 Å². The van der Waals surface area contributed by atoms with Crippen LogP contribution in [0.4, 0.5) is 0 Å². The van der Waals surface area contributed by atoms with Crippen molar-refractivity contribution in [1.82, 2.24) is 0 Å². The molecule has 0 unspecified atom stereocenters. The lowest BCUT2D eigenvalue weighted by atomic mass is 10.2. The third kappa shape index (κ3) is 2.99. The minimum atomic E-state index is -0.921. The number of hydrogen-bond acceptors (Lipinski definition) is 3. The van der Waals surface area contributed by atoms with E-state index in [0.29, 0.717) is 18.3 Å². The molecule has 5 heteroatoms. The van der Waals surface area contributed by atoms with Crippen molar-refractivity contribution in [2.75, 3.05) is 6.61 Å². The Morgan fingerprint density at radius 2 is 2.36 bits per heavy atom. The van der Waals surface area contributed by atoms with Crippen molar-refractivity contribution >= 4 is 33.2 Å². The Hall–Kier alpha value is -0.550. The van der Waals surface area contributed by atoms with E-state index in [9.17, 15) is 4.79 Å². The third-order valence-corrected chi connectivity index (χ3v) is 3.21. The van der Waals surface area contributed by atoms with Gasteiger partial charge in [-0.15, -0.1) is 11.3 Å². The van der Waals surface area contributed by atoms with Gasteiger partial charge in [0, 0.05) is 6.07 Å². The number of rotatable bonds is 4. The van der Waals surface area contributed by atoms with E-state index in [1.165, 1.54) is 11.3 Å². The normalized spacial score (nSPS) is 10.6.